The third-order valence-corrected chi connectivity index (χ3v) is 4.17. The maximum Gasteiger partial charge on any atom is 0.342 e. The van der Waals surface area contributed by atoms with Crippen molar-refractivity contribution in [2.45, 2.75) is 13.0 Å². The molecule has 2 aromatic rings. The second kappa shape index (κ2) is 8.83. The van der Waals surface area contributed by atoms with Crippen molar-refractivity contribution in [2.24, 2.45) is 0 Å². The molecule has 0 bridgehead atoms. The van der Waals surface area contributed by atoms with Gasteiger partial charge >= 0.3 is 5.97 Å². The maximum absolute atomic E-state index is 12.4. The number of methoxy groups -OCH3 is 2. The molecule has 27 heavy (non-hydrogen) atoms. The summed E-state index contributed by atoms with van der Waals surface area (Å²) in [5.41, 5.74) is 6.35. The molecule has 3 N–H and O–H groups in total. The third kappa shape index (κ3) is 4.96. The van der Waals surface area contributed by atoms with Crippen molar-refractivity contribution in [3.63, 3.8) is 0 Å². The Bertz CT molecular complexity index is 873. The van der Waals surface area contributed by atoms with Gasteiger partial charge in [0.2, 0.25) is 0 Å². The minimum Gasteiger partial charge on any atom is -0.496 e. The van der Waals surface area contributed by atoms with Gasteiger partial charge in [-0.2, -0.15) is 0 Å². The summed E-state index contributed by atoms with van der Waals surface area (Å²) < 4.78 is 15.5. The zero-order valence-corrected chi connectivity index (χ0v) is 16.4. The molecule has 0 fully saturated rings. The van der Waals surface area contributed by atoms with Crippen molar-refractivity contribution in [1.82, 2.24) is 0 Å². The lowest BCUT2D eigenvalue weighted by atomic mass is 10.2. The Morgan fingerprint density at radius 2 is 1.74 bits per heavy atom. The maximum atomic E-state index is 12.4. The number of amides is 1. The van der Waals surface area contributed by atoms with E-state index in [2.05, 4.69) is 5.32 Å². The number of benzene rings is 2. The SMILES string of the molecule is COc1ccc(Cl)cc1NC(=O)[C@@H](C)OC(=O)c1cc(Cl)c(N)cc1OC. The van der Waals surface area contributed by atoms with E-state index in [4.69, 9.17) is 43.1 Å². The van der Waals surface area contributed by atoms with Crippen LogP contribution in [-0.2, 0) is 9.53 Å². The number of ether oxygens (including phenoxy) is 3. The van der Waals surface area contributed by atoms with Crippen LogP contribution in [0.5, 0.6) is 11.5 Å². The summed E-state index contributed by atoms with van der Waals surface area (Å²) in [6, 6.07) is 7.48. The first kappa shape index (κ1) is 20.7. The average Bonchev–Trinajstić information content (AvgIpc) is 2.63. The van der Waals surface area contributed by atoms with Crippen LogP contribution in [0.3, 0.4) is 0 Å². The topological polar surface area (TPSA) is 99.9 Å². The van der Waals surface area contributed by atoms with Crippen molar-refractivity contribution < 1.29 is 23.8 Å². The van der Waals surface area contributed by atoms with E-state index >= 15 is 0 Å². The molecular weight excluding hydrogens is 395 g/mol. The first-order chi connectivity index (χ1) is 12.8. The fourth-order valence-corrected chi connectivity index (χ4v) is 2.52. The molecule has 0 radical (unpaired) electrons. The van der Waals surface area contributed by atoms with Crippen LogP contribution in [0, 0.1) is 0 Å². The van der Waals surface area contributed by atoms with Crippen molar-refractivity contribution in [1.29, 1.82) is 0 Å². The minimum absolute atomic E-state index is 0.0525. The number of esters is 1. The number of hydrogen-bond donors (Lipinski definition) is 2. The van der Waals surface area contributed by atoms with Crippen LogP contribution in [0.2, 0.25) is 10.0 Å². The van der Waals surface area contributed by atoms with E-state index in [0.29, 0.717) is 16.5 Å². The van der Waals surface area contributed by atoms with Gasteiger partial charge in [0.25, 0.3) is 5.91 Å². The summed E-state index contributed by atoms with van der Waals surface area (Å²) in [6.07, 6.45) is -1.11. The molecule has 7 nitrogen and oxygen atoms in total. The quantitative estimate of drug-likeness (QED) is 0.553. The van der Waals surface area contributed by atoms with Gasteiger partial charge in [-0.1, -0.05) is 23.2 Å². The summed E-state index contributed by atoms with van der Waals surface area (Å²) in [6.45, 7) is 1.43. The Hall–Kier alpha value is -2.64. The Morgan fingerprint density at radius 3 is 2.37 bits per heavy atom. The highest BCUT2D eigenvalue weighted by molar-refractivity contribution is 6.33. The number of halogens is 2. The van der Waals surface area contributed by atoms with E-state index in [0.717, 1.165) is 0 Å². The molecule has 0 saturated heterocycles. The summed E-state index contributed by atoms with van der Waals surface area (Å²) in [7, 11) is 2.83. The van der Waals surface area contributed by atoms with E-state index < -0.39 is 18.0 Å². The first-order valence-electron chi connectivity index (χ1n) is 7.75. The van der Waals surface area contributed by atoms with E-state index in [1.54, 1.807) is 12.1 Å². The number of nitrogens with two attached hydrogens (primary N) is 1. The predicted octanol–water partition coefficient (Wildman–Crippen LogP) is 3.78. The molecule has 2 aromatic carbocycles. The lowest BCUT2D eigenvalue weighted by molar-refractivity contribution is -0.123. The fraction of sp³-hybridized carbons (Fsp3) is 0.222. The largest absolute Gasteiger partial charge is 0.496 e. The highest BCUT2D eigenvalue weighted by Crippen LogP contribution is 2.30. The second-order valence-electron chi connectivity index (χ2n) is 5.46. The van der Waals surface area contributed by atoms with Gasteiger partial charge in [-0.15, -0.1) is 0 Å². The van der Waals surface area contributed by atoms with E-state index in [9.17, 15) is 9.59 Å². The lowest BCUT2D eigenvalue weighted by Crippen LogP contribution is -2.30. The molecular formula is C18H18Cl2N2O5. The Kier molecular flexibility index (Phi) is 6.76. The average molecular weight is 413 g/mol. The number of nitrogen functional groups attached to an aromatic ring is 1. The monoisotopic (exact) mass is 412 g/mol. The number of carbonyl (C=O) groups is 2. The van der Waals surface area contributed by atoms with Crippen molar-refractivity contribution in [3.05, 3.63) is 45.9 Å². The normalized spacial score (nSPS) is 11.4. The highest BCUT2D eigenvalue weighted by atomic mass is 35.5. The number of carbonyl (C=O) groups excluding carboxylic acids is 2. The third-order valence-electron chi connectivity index (χ3n) is 3.61. The molecule has 1 atom stereocenters. The van der Waals surface area contributed by atoms with Crippen LogP contribution in [0.25, 0.3) is 0 Å². The molecule has 2 rings (SSSR count). The molecule has 0 aromatic heterocycles. The van der Waals surface area contributed by atoms with Crippen LogP contribution in [0.4, 0.5) is 11.4 Å². The lowest BCUT2D eigenvalue weighted by Gasteiger charge is -2.16. The molecule has 0 aliphatic rings. The van der Waals surface area contributed by atoms with Gasteiger partial charge < -0.3 is 25.3 Å². The Labute approximate surface area is 166 Å². The van der Waals surface area contributed by atoms with E-state index in [1.165, 1.54) is 39.3 Å². The van der Waals surface area contributed by atoms with Gasteiger partial charge in [0, 0.05) is 11.1 Å². The van der Waals surface area contributed by atoms with Gasteiger partial charge in [0.05, 0.1) is 30.6 Å². The van der Waals surface area contributed by atoms with Gasteiger partial charge in [0.15, 0.2) is 6.10 Å². The van der Waals surface area contributed by atoms with Crippen LogP contribution >= 0.6 is 23.2 Å². The molecule has 0 saturated carbocycles. The zero-order chi connectivity index (χ0) is 20.1. The summed E-state index contributed by atoms with van der Waals surface area (Å²) in [5.74, 6) is -0.747. The summed E-state index contributed by atoms with van der Waals surface area (Å²) in [5, 5.41) is 3.19. The zero-order valence-electron chi connectivity index (χ0n) is 14.8. The van der Waals surface area contributed by atoms with Crippen molar-refractivity contribution in [2.75, 3.05) is 25.3 Å². The number of nitrogens with one attached hydrogen (secondary N) is 1. The second-order valence-corrected chi connectivity index (χ2v) is 6.30. The van der Waals surface area contributed by atoms with Gasteiger partial charge in [-0.3, -0.25) is 4.79 Å². The molecule has 0 heterocycles. The summed E-state index contributed by atoms with van der Waals surface area (Å²) in [4.78, 5) is 24.8. The molecule has 0 aliphatic carbocycles. The predicted molar refractivity (Wildman–Crippen MR) is 104 cm³/mol. The van der Waals surface area contributed by atoms with E-state index in [1.807, 2.05) is 0 Å². The molecule has 0 unspecified atom stereocenters. The van der Waals surface area contributed by atoms with Crippen molar-refractivity contribution in [3.8, 4) is 11.5 Å². The number of anilines is 2. The molecule has 0 spiro atoms. The molecule has 0 aliphatic heterocycles. The number of rotatable bonds is 6. The van der Waals surface area contributed by atoms with Gasteiger partial charge in [-0.25, -0.2) is 4.79 Å². The van der Waals surface area contributed by atoms with Crippen molar-refractivity contribution >= 4 is 46.5 Å². The highest BCUT2D eigenvalue weighted by Gasteiger charge is 2.23. The fourth-order valence-electron chi connectivity index (χ4n) is 2.19. The number of hydrogen-bond acceptors (Lipinski definition) is 6. The first-order valence-corrected chi connectivity index (χ1v) is 8.50. The summed E-state index contributed by atoms with van der Waals surface area (Å²) >= 11 is 11.9. The van der Waals surface area contributed by atoms with E-state index in [-0.39, 0.29) is 22.0 Å². The molecule has 9 heteroatoms. The Balaban J connectivity index is 2.14. The Morgan fingerprint density at radius 1 is 1.07 bits per heavy atom. The van der Waals surface area contributed by atoms with Crippen LogP contribution < -0.4 is 20.5 Å². The standard InChI is InChI=1S/C18H18Cl2N2O5/c1-9(17(23)22-14-6-10(19)4-5-15(14)25-2)27-18(24)11-7-12(20)13(21)8-16(11)26-3/h4-9H,21H2,1-3H3,(H,22,23)/t9-/m1/s1. The van der Waals surface area contributed by atoms with Crippen LogP contribution in [-0.4, -0.2) is 32.2 Å². The van der Waals surface area contributed by atoms with Gasteiger partial charge in [-0.05, 0) is 31.2 Å². The van der Waals surface area contributed by atoms with Gasteiger partial charge in [0.1, 0.15) is 17.1 Å². The molecule has 144 valence electrons. The smallest absolute Gasteiger partial charge is 0.342 e. The van der Waals surface area contributed by atoms with Crippen LogP contribution in [0.1, 0.15) is 17.3 Å². The minimum atomic E-state index is -1.11. The molecule has 1 amide bonds. The van der Waals surface area contributed by atoms with Crippen LogP contribution in [0.15, 0.2) is 30.3 Å².